The van der Waals surface area contributed by atoms with Crippen molar-refractivity contribution in [3.05, 3.63) is 65.2 Å². The van der Waals surface area contributed by atoms with Crippen LogP contribution in [0.3, 0.4) is 0 Å². The van der Waals surface area contributed by atoms with Crippen LogP contribution in [0.4, 0.5) is 0 Å². The molecule has 0 aliphatic carbocycles. The zero-order valence-electron chi connectivity index (χ0n) is 15.4. The van der Waals surface area contributed by atoms with Gasteiger partial charge in [0.1, 0.15) is 17.1 Å². The lowest BCUT2D eigenvalue weighted by atomic mass is 9.88. The highest BCUT2D eigenvalue weighted by atomic mass is 35.5. The summed E-state index contributed by atoms with van der Waals surface area (Å²) < 4.78 is 11.6. The van der Waals surface area contributed by atoms with Gasteiger partial charge in [-0.05, 0) is 49.8 Å². The number of guanidine groups is 1. The molecule has 2 aromatic rings. The number of hydrogen-bond acceptors (Lipinski definition) is 3. The second-order valence-electron chi connectivity index (χ2n) is 6.52. The van der Waals surface area contributed by atoms with Crippen LogP contribution in [0.1, 0.15) is 35.3 Å². The van der Waals surface area contributed by atoms with Gasteiger partial charge in [0.25, 0.3) is 5.91 Å². The number of benzene rings is 2. The topological polar surface area (TPSA) is 99.9 Å². The smallest absolute Gasteiger partial charge is 0.280 e. The monoisotopic (exact) mass is 387 g/mol. The summed E-state index contributed by atoms with van der Waals surface area (Å²) in [6.07, 6.45) is 2.02. The lowest BCUT2D eigenvalue weighted by Crippen LogP contribution is -2.29. The summed E-state index contributed by atoms with van der Waals surface area (Å²) in [6, 6.07) is 12.9. The van der Waals surface area contributed by atoms with Gasteiger partial charge in [-0.25, -0.2) is 0 Å². The maximum atomic E-state index is 12.2. The largest absolute Gasteiger partial charge is 0.496 e. The number of methoxy groups -OCH3 is 1. The summed E-state index contributed by atoms with van der Waals surface area (Å²) in [5, 5.41) is 0. The molecular formula is C20H22ClN3O3. The molecule has 142 valence electrons. The number of nitrogens with zero attached hydrogens (tertiary/aromatic N) is 1. The van der Waals surface area contributed by atoms with Crippen molar-refractivity contribution in [2.45, 2.75) is 19.4 Å². The van der Waals surface area contributed by atoms with Gasteiger partial charge < -0.3 is 20.9 Å². The first-order chi connectivity index (χ1) is 12.3. The number of nitrogens with two attached hydrogens (primary N) is 2. The summed E-state index contributed by atoms with van der Waals surface area (Å²) in [5.74, 6) is 0.644. The average molecular weight is 388 g/mol. The Balaban J connectivity index is 0.00000261. The molecule has 0 aromatic heterocycles. The van der Waals surface area contributed by atoms with Crippen molar-refractivity contribution in [2.24, 2.45) is 16.5 Å². The molecule has 27 heavy (non-hydrogen) atoms. The fraction of sp³-hybridized carbons (Fsp3) is 0.200. The van der Waals surface area contributed by atoms with E-state index in [4.69, 9.17) is 20.9 Å². The highest BCUT2D eigenvalue weighted by Gasteiger charge is 2.29. The minimum Gasteiger partial charge on any atom is -0.496 e. The van der Waals surface area contributed by atoms with Gasteiger partial charge in [0.15, 0.2) is 5.96 Å². The van der Waals surface area contributed by atoms with E-state index in [9.17, 15) is 4.79 Å². The average Bonchev–Trinajstić information content (AvgIpc) is 2.59. The molecule has 3 rings (SSSR count). The fourth-order valence-electron chi connectivity index (χ4n) is 2.97. The van der Waals surface area contributed by atoms with Crippen LogP contribution in [-0.4, -0.2) is 24.6 Å². The van der Waals surface area contributed by atoms with Gasteiger partial charge in [-0.15, -0.1) is 12.4 Å². The van der Waals surface area contributed by atoms with E-state index in [2.05, 4.69) is 4.99 Å². The van der Waals surface area contributed by atoms with Gasteiger partial charge in [0.2, 0.25) is 0 Å². The molecule has 0 spiro atoms. The zero-order valence-corrected chi connectivity index (χ0v) is 16.2. The fourth-order valence-corrected chi connectivity index (χ4v) is 2.97. The molecule has 2 aromatic carbocycles. The number of para-hydroxylation sites is 1. The van der Waals surface area contributed by atoms with Crippen LogP contribution >= 0.6 is 12.4 Å². The Kier molecular flexibility index (Phi) is 5.81. The number of aliphatic imine (C=N–C) groups is 1. The highest BCUT2D eigenvalue weighted by molar-refractivity contribution is 6.03. The van der Waals surface area contributed by atoms with Gasteiger partial charge in [-0.3, -0.25) is 4.79 Å². The zero-order chi connectivity index (χ0) is 18.9. The molecule has 1 amide bonds. The molecule has 7 heteroatoms. The molecule has 0 radical (unpaired) electrons. The molecular weight excluding hydrogens is 366 g/mol. The number of halogens is 1. The van der Waals surface area contributed by atoms with E-state index in [0.717, 1.165) is 22.4 Å². The minimum absolute atomic E-state index is 0. The Bertz CT molecular complexity index is 932. The molecule has 4 N–H and O–H groups in total. The molecule has 1 aliphatic heterocycles. The van der Waals surface area contributed by atoms with E-state index in [1.54, 1.807) is 25.3 Å². The molecule has 0 bridgehead atoms. The predicted molar refractivity (Wildman–Crippen MR) is 109 cm³/mol. The number of ether oxygens (including phenoxy) is 2. The van der Waals surface area contributed by atoms with Crippen LogP contribution in [0.15, 0.2) is 53.5 Å². The molecule has 6 nitrogen and oxygen atoms in total. The second-order valence-corrected chi connectivity index (χ2v) is 6.52. The first-order valence-corrected chi connectivity index (χ1v) is 8.14. The maximum Gasteiger partial charge on any atom is 0.280 e. The Morgan fingerprint density at radius 2 is 1.81 bits per heavy atom. The summed E-state index contributed by atoms with van der Waals surface area (Å²) in [6.45, 7) is 3.95. The molecule has 1 heterocycles. The van der Waals surface area contributed by atoms with E-state index >= 15 is 0 Å². The number of carbonyl (C=O) groups excluding carboxylic acids is 1. The van der Waals surface area contributed by atoms with Crippen molar-refractivity contribution in [1.82, 2.24) is 0 Å². The Labute approximate surface area is 164 Å². The second kappa shape index (κ2) is 7.72. The molecule has 0 unspecified atom stereocenters. The third-order valence-corrected chi connectivity index (χ3v) is 4.01. The van der Waals surface area contributed by atoms with E-state index in [-0.39, 0.29) is 18.4 Å². The minimum atomic E-state index is -0.505. The van der Waals surface area contributed by atoms with Gasteiger partial charge >= 0.3 is 0 Å². The lowest BCUT2D eigenvalue weighted by Gasteiger charge is -2.32. The van der Waals surface area contributed by atoms with Gasteiger partial charge in [0, 0.05) is 16.7 Å². The van der Waals surface area contributed by atoms with E-state index in [0.29, 0.717) is 11.3 Å². The molecule has 0 fully saturated rings. The third-order valence-electron chi connectivity index (χ3n) is 4.01. The number of fused-ring (bicyclic) bond motifs is 1. The lowest BCUT2D eigenvalue weighted by molar-refractivity contribution is 0.100. The molecule has 1 aliphatic rings. The van der Waals surface area contributed by atoms with Crippen LogP contribution in [0.25, 0.3) is 5.57 Å². The first kappa shape index (κ1) is 20.3. The number of hydrogen-bond donors (Lipinski definition) is 2. The van der Waals surface area contributed by atoms with E-state index in [1.165, 1.54) is 0 Å². The molecule has 0 atom stereocenters. The summed E-state index contributed by atoms with van der Waals surface area (Å²) >= 11 is 0. The van der Waals surface area contributed by atoms with Gasteiger partial charge in [0.05, 0.1) is 7.11 Å². The van der Waals surface area contributed by atoms with E-state index in [1.807, 2.05) is 44.2 Å². The third kappa shape index (κ3) is 4.23. The Hall–Kier alpha value is -2.99. The van der Waals surface area contributed by atoms with Crippen molar-refractivity contribution in [2.75, 3.05) is 7.11 Å². The van der Waals surface area contributed by atoms with Crippen LogP contribution < -0.4 is 20.9 Å². The number of rotatable bonds is 3. The number of amides is 1. The summed E-state index contributed by atoms with van der Waals surface area (Å²) in [7, 11) is 1.63. The normalized spacial score (nSPS) is 14.0. The number of carbonyl (C=O) groups is 1. The predicted octanol–water partition coefficient (Wildman–Crippen LogP) is 3.13. The molecule has 0 saturated heterocycles. The quantitative estimate of drug-likeness (QED) is 0.622. The van der Waals surface area contributed by atoms with Gasteiger partial charge in [-0.1, -0.05) is 18.2 Å². The van der Waals surface area contributed by atoms with Crippen molar-refractivity contribution >= 4 is 29.8 Å². The van der Waals surface area contributed by atoms with Crippen molar-refractivity contribution in [1.29, 1.82) is 0 Å². The Morgan fingerprint density at radius 1 is 1.11 bits per heavy atom. The maximum absolute atomic E-state index is 12.2. The highest BCUT2D eigenvalue weighted by Crippen LogP contribution is 2.42. The standard InChI is InChI=1S/C20H21N3O3.ClH/c1-20(2)11-15(13-6-4-5-7-16(13)25-3)14-10-12(8-9-17(14)26-20)18(24)23-19(21)22;/h4-11H,1-3H3,(H4,21,22,23,24);1H. The summed E-state index contributed by atoms with van der Waals surface area (Å²) in [4.78, 5) is 15.8. The van der Waals surface area contributed by atoms with Gasteiger partial charge in [-0.2, -0.15) is 4.99 Å². The van der Waals surface area contributed by atoms with Crippen molar-refractivity contribution < 1.29 is 14.3 Å². The first-order valence-electron chi connectivity index (χ1n) is 8.14. The van der Waals surface area contributed by atoms with Crippen LogP contribution in [0.2, 0.25) is 0 Å². The van der Waals surface area contributed by atoms with Crippen LogP contribution in [0, 0.1) is 0 Å². The SMILES string of the molecule is COc1ccccc1C1=CC(C)(C)Oc2ccc(C(=O)N=C(N)N)cc21.Cl. The summed E-state index contributed by atoms with van der Waals surface area (Å²) in [5.41, 5.74) is 13.1. The van der Waals surface area contributed by atoms with E-state index < -0.39 is 11.5 Å². The van der Waals surface area contributed by atoms with Crippen molar-refractivity contribution in [3.8, 4) is 11.5 Å². The Morgan fingerprint density at radius 3 is 2.48 bits per heavy atom. The van der Waals surface area contributed by atoms with Crippen LogP contribution in [0.5, 0.6) is 11.5 Å². The van der Waals surface area contributed by atoms with Crippen molar-refractivity contribution in [3.63, 3.8) is 0 Å². The molecule has 0 saturated carbocycles. The van der Waals surface area contributed by atoms with Crippen LogP contribution in [-0.2, 0) is 0 Å².